The van der Waals surface area contributed by atoms with Crippen molar-refractivity contribution in [3.63, 3.8) is 0 Å². The van der Waals surface area contributed by atoms with Crippen molar-refractivity contribution in [2.75, 3.05) is 11.9 Å². The Morgan fingerprint density at radius 2 is 1.44 bits per heavy atom. The van der Waals surface area contributed by atoms with Gasteiger partial charge in [0.25, 0.3) is 0 Å². The van der Waals surface area contributed by atoms with E-state index < -0.39 is 36.3 Å². The molecule has 2 atom stereocenters. The second-order valence-corrected chi connectivity index (χ2v) is 5.17. The first-order chi connectivity index (χ1) is 12.0. The summed E-state index contributed by atoms with van der Waals surface area (Å²) in [5, 5.41) is 38.3. The number of carbonyl (C=O) groups is 1. The van der Waals surface area contributed by atoms with Crippen molar-refractivity contribution in [2.24, 2.45) is 0 Å². The Bertz CT molecular complexity index is 679. The Balaban J connectivity index is 0.000000181. The van der Waals surface area contributed by atoms with Crippen LogP contribution in [0.1, 0.15) is 0 Å². The fourth-order valence-electron chi connectivity index (χ4n) is 2.03. The predicted molar refractivity (Wildman–Crippen MR) is 91.4 cm³/mol. The van der Waals surface area contributed by atoms with E-state index in [-0.39, 0.29) is 0 Å². The molecule has 3 rings (SSSR count). The number of aliphatic hydroxyl groups is 4. The third kappa shape index (κ3) is 4.97. The third-order valence-corrected chi connectivity index (χ3v) is 3.31. The first-order valence-electron chi connectivity index (χ1n) is 7.52. The number of nitrogens with one attached hydrogen (secondary N) is 1. The Labute approximate surface area is 144 Å². The summed E-state index contributed by atoms with van der Waals surface area (Å²) in [6.07, 6.45) is -2.78. The molecule has 0 amide bonds. The highest BCUT2D eigenvalue weighted by Gasteiger charge is 2.38. The lowest BCUT2D eigenvalue weighted by molar-refractivity contribution is -0.147. The molecule has 2 aromatic carbocycles. The van der Waals surface area contributed by atoms with Crippen LogP contribution in [-0.2, 0) is 9.53 Å². The Morgan fingerprint density at radius 1 is 0.960 bits per heavy atom. The number of ether oxygens (including phenoxy) is 1. The van der Waals surface area contributed by atoms with Gasteiger partial charge in [0, 0.05) is 11.4 Å². The average Bonchev–Trinajstić information content (AvgIpc) is 2.91. The minimum Gasteiger partial charge on any atom is -0.505 e. The number of hydrogen-bond acceptors (Lipinski definition) is 7. The van der Waals surface area contributed by atoms with Gasteiger partial charge < -0.3 is 30.5 Å². The number of anilines is 2. The fourth-order valence-corrected chi connectivity index (χ4v) is 2.03. The lowest BCUT2D eigenvalue weighted by Crippen LogP contribution is -2.31. The Kier molecular flexibility index (Phi) is 6.39. The summed E-state index contributed by atoms with van der Waals surface area (Å²) in [7, 11) is 0. The van der Waals surface area contributed by atoms with Crippen LogP contribution in [0.3, 0.4) is 0 Å². The van der Waals surface area contributed by atoms with E-state index in [4.69, 9.17) is 20.4 Å². The largest absolute Gasteiger partial charge is 0.505 e. The summed E-state index contributed by atoms with van der Waals surface area (Å²) in [6, 6.07) is 20.3. The number of benzene rings is 2. The normalized spacial score (nSPS) is 17.4. The molecule has 1 aliphatic heterocycles. The average molecular weight is 345 g/mol. The van der Waals surface area contributed by atoms with E-state index in [0.29, 0.717) is 0 Å². The summed E-state index contributed by atoms with van der Waals surface area (Å²) in [4.78, 5) is 10.5. The van der Waals surface area contributed by atoms with Crippen LogP contribution in [0, 0.1) is 0 Å². The molecule has 0 bridgehead atoms. The molecule has 132 valence electrons. The summed E-state index contributed by atoms with van der Waals surface area (Å²) < 4.78 is 4.32. The van der Waals surface area contributed by atoms with Gasteiger partial charge in [-0.1, -0.05) is 36.4 Å². The first-order valence-corrected chi connectivity index (χ1v) is 7.52. The second-order valence-electron chi connectivity index (χ2n) is 5.17. The number of hydrogen-bond donors (Lipinski definition) is 5. The maximum absolute atomic E-state index is 10.5. The Hall–Kier alpha value is -3.03. The van der Waals surface area contributed by atoms with Crippen molar-refractivity contribution in [1.82, 2.24) is 0 Å². The summed E-state index contributed by atoms with van der Waals surface area (Å²) in [6.45, 7) is -0.671. The van der Waals surface area contributed by atoms with Gasteiger partial charge >= 0.3 is 5.97 Å². The van der Waals surface area contributed by atoms with Crippen molar-refractivity contribution in [2.45, 2.75) is 12.2 Å². The minimum absolute atomic E-state index is 0.671. The van der Waals surface area contributed by atoms with Crippen LogP contribution in [0.4, 0.5) is 11.4 Å². The summed E-state index contributed by atoms with van der Waals surface area (Å²) in [5.74, 6) is -2.78. The number of rotatable bonds is 4. The number of carbonyl (C=O) groups excluding carboxylic acids is 1. The van der Waals surface area contributed by atoms with Gasteiger partial charge in [-0.05, 0) is 24.3 Å². The molecule has 1 aliphatic rings. The molecule has 0 unspecified atom stereocenters. The van der Waals surface area contributed by atoms with Gasteiger partial charge in [0.05, 0.1) is 6.61 Å². The molecular formula is C18H19NO6. The zero-order valence-corrected chi connectivity index (χ0v) is 13.2. The van der Waals surface area contributed by atoms with Gasteiger partial charge in [0.1, 0.15) is 6.10 Å². The van der Waals surface area contributed by atoms with E-state index in [0.717, 1.165) is 11.4 Å². The minimum atomic E-state index is -1.42. The molecular weight excluding hydrogens is 326 g/mol. The fraction of sp³-hybridized carbons (Fsp3) is 0.167. The van der Waals surface area contributed by atoms with E-state index in [1.165, 1.54) is 0 Å². The van der Waals surface area contributed by atoms with Gasteiger partial charge in [-0.15, -0.1) is 0 Å². The summed E-state index contributed by atoms with van der Waals surface area (Å²) >= 11 is 0. The highest BCUT2D eigenvalue weighted by molar-refractivity contribution is 5.89. The predicted octanol–water partition coefficient (Wildman–Crippen LogP) is 2.02. The molecule has 7 heteroatoms. The van der Waals surface area contributed by atoms with Gasteiger partial charge in [-0.3, -0.25) is 0 Å². The molecule has 0 radical (unpaired) electrons. The van der Waals surface area contributed by atoms with Crippen LogP contribution in [0.2, 0.25) is 0 Å². The van der Waals surface area contributed by atoms with Crippen LogP contribution in [0.25, 0.3) is 0 Å². The van der Waals surface area contributed by atoms with Crippen molar-refractivity contribution >= 4 is 17.3 Å². The molecule has 7 nitrogen and oxygen atoms in total. The van der Waals surface area contributed by atoms with E-state index in [1.807, 2.05) is 60.7 Å². The van der Waals surface area contributed by atoms with Crippen LogP contribution in [0.5, 0.6) is 0 Å². The van der Waals surface area contributed by atoms with Crippen molar-refractivity contribution in [3.8, 4) is 0 Å². The standard InChI is InChI=1S/C12H11N.C6H8O6/c1-3-7-11(8-4-1)13-12-9-5-2-6-10-12;7-1-2(8)5-3(9)4(10)6(11)12-5/h1-10,13H;2,5,7-10H,1H2/t;2-,5+/m.0/s1. The highest BCUT2D eigenvalue weighted by Crippen LogP contribution is 2.20. The third-order valence-electron chi connectivity index (χ3n) is 3.31. The molecule has 0 aromatic heterocycles. The van der Waals surface area contributed by atoms with Gasteiger partial charge in [0.2, 0.25) is 5.76 Å². The Morgan fingerprint density at radius 3 is 1.80 bits per heavy atom. The van der Waals surface area contributed by atoms with E-state index >= 15 is 0 Å². The van der Waals surface area contributed by atoms with Gasteiger partial charge in [-0.25, -0.2) is 4.79 Å². The van der Waals surface area contributed by atoms with Gasteiger partial charge in [0.15, 0.2) is 11.9 Å². The zero-order chi connectivity index (χ0) is 18.2. The molecule has 5 N–H and O–H groups in total. The van der Waals surface area contributed by atoms with Crippen molar-refractivity contribution < 1.29 is 30.0 Å². The lowest BCUT2D eigenvalue weighted by Gasteiger charge is -2.13. The summed E-state index contributed by atoms with van der Waals surface area (Å²) in [5.41, 5.74) is 2.24. The van der Waals surface area contributed by atoms with E-state index in [9.17, 15) is 4.79 Å². The van der Waals surface area contributed by atoms with Crippen molar-refractivity contribution in [1.29, 1.82) is 0 Å². The maximum atomic E-state index is 10.5. The number of esters is 1. The van der Waals surface area contributed by atoms with E-state index in [1.54, 1.807) is 0 Å². The number of para-hydroxylation sites is 2. The quantitative estimate of drug-likeness (QED) is 0.538. The maximum Gasteiger partial charge on any atom is 0.377 e. The topological polar surface area (TPSA) is 119 Å². The SMILES string of the molecule is O=C1O[C@H]([C@@H](O)CO)C(O)=C1O.c1ccc(Nc2ccccc2)cc1. The molecule has 0 fully saturated rings. The highest BCUT2D eigenvalue weighted by atomic mass is 16.6. The van der Waals surface area contributed by atoms with E-state index in [2.05, 4.69) is 10.1 Å². The monoisotopic (exact) mass is 345 g/mol. The molecule has 0 saturated carbocycles. The van der Waals surface area contributed by atoms with Crippen LogP contribution < -0.4 is 5.32 Å². The number of cyclic esters (lactones) is 1. The van der Waals surface area contributed by atoms with Crippen LogP contribution in [-0.4, -0.2) is 45.2 Å². The first kappa shape index (κ1) is 18.3. The van der Waals surface area contributed by atoms with Crippen molar-refractivity contribution in [3.05, 3.63) is 72.2 Å². The molecule has 25 heavy (non-hydrogen) atoms. The second kappa shape index (κ2) is 8.72. The molecule has 0 spiro atoms. The lowest BCUT2D eigenvalue weighted by atomic mass is 10.2. The van der Waals surface area contributed by atoms with Crippen LogP contribution in [0.15, 0.2) is 72.2 Å². The number of aliphatic hydroxyl groups excluding tert-OH is 4. The molecule has 2 aromatic rings. The molecule has 0 saturated heterocycles. The molecule has 0 aliphatic carbocycles. The zero-order valence-electron chi connectivity index (χ0n) is 13.2. The van der Waals surface area contributed by atoms with Crippen LogP contribution >= 0.6 is 0 Å². The molecule has 1 heterocycles. The van der Waals surface area contributed by atoms with Gasteiger partial charge in [-0.2, -0.15) is 0 Å². The smallest absolute Gasteiger partial charge is 0.377 e.